The summed E-state index contributed by atoms with van der Waals surface area (Å²) in [5.41, 5.74) is -1.51. The molecule has 300 valence electrons. The number of aliphatic carboxylic acids is 1. The number of nitrogens with zero attached hydrogens (tertiary/aromatic N) is 4. The van der Waals surface area contributed by atoms with Crippen molar-refractivity contribution >= 4 is 62.8 Å². The van der Waals surface area contributed by atoms with Crippen molar-refractivity contribution in [3.05, 3.63) is 35.9 Å². The Labute approximate surface area is 333 Å². The third-order valence-electron chi connectivity index (χ3n) is 11.1. The van der Waals surface area contributed by atoms with E-state index in [1.54, 1.807) is 18.2 Å². The SMILES string of the molecule is C=CC1C[C@]1(NC(=O)C1C[C@@H](Oc2cc(-c3nnc(NC(C)C)s3)nc3c(Cl)c(OC)ccc23)CN1C(=O)C(NC(=O)OC1C[C@@H]2C[C@@H]2C1)C(C)(C)C)C(=O)O. The summed E-state index contributed by atoms with van der Waals surface area (Å²) in [5, 5.41) is 29.4. The predicted octanol–water partition coefficient (Wildman–Crippen LogP) is 5.67. The van der Waals surface area contributed by atoms with Gasteiger partial charge in [-0.3, -0.25) is 9.59 Å². The normalized spacial score (nSPS) is 27.0. The number of carboxylic acid groups (broad SMARTS) is 1. The van der Waals surface area contributed by atoms with Crippen LogP contribution < -0.4 is 25.4 Å². The zero-order valence-electron chi connectivity index (χ0n) is 32.3. The molecule has 7 rings (SSSR count). The lowest BCUT2D eigenvalue weighted by Gasteiger charge is -2.35. The van der Waals surface area contributed by atoms with E-state index in [-0.39, 0.29) is 36.6 Å². The van der Waals surface area contributed by atoms with Gasteiger partial charge in [-0.05, 0) is 68.9 Å². The highest BCUT2D eigenvalue weighted by molar-refractivity contribution is 7.18. The Morgan fingerprint density at radius 2 is 1.82 bits per heavy atom. The summed E-state index contributed by atoms with van der Waals surface area (Å²) in [4.78, 5) is 60.6. The molecule has 8 atom stereocenters. The number of hydrogen-bond donors (Lipinski definition) is 4. The van der Waals surface area contributed by atoms with Crippen LogP contribution in [0.15, 0.2) is 30.9 Å². The van der Waals surface area contributed by atoms with Crippen LogP contribution in [0.5, 0.6) is 11.5 Å². The van der Waals surface area contributed by atoms with E-state index in [0.29, 0.717) is 50.1 Å². The summed E-state index contributed by atoms with van der Waals surface area (Å²) < 4.78 is 17.9. The molecule has 3 saturated carbocycles. The highest BCUT2D eigenvalue weighted by Crippen LogP contribution is 2.52. The van der Waals surface area contributed by atoms with Crippen molar-refractivity contribution in [2.75, 3.05) is 19.0 Å². The van der Waals surface area contributed by atoms with Crippen molar-refractivity contribution in [1.29, 1.82) is 0 Å². The van der Waals surface area contributed by atoms with Crippen LogP contribution in [-0.4, -0.2) is 98.6 Å². The number of carbonyl (C=O) groups is 4. The maximum atomic E-state index is 14.6. The van der Waals surface area contributed by atoms with Crippen LogP contribution in [0.25, 0.3) is 21.6 Å². The minimum atomic E-state index is -1.53. The summed E-state index contributed by atoms with van der Waals surface area (Å²) in [6, 6.07) is 3.08. The number of carboxylic acids is 1. The minimum Gasteiger partial charge on any atom is -0.495 e. The monoisotopic (exact) mass is 809 g/mol. The van der Waals surface area contributed by atoms with E-state index >= 15 is 0 Å². The van der Waals surface area contributed by atoms with Gasteiger partial charge in [-0.1, -0.05) is 49.8 Å². The number of likely N-dealkylation sites (tertiary alicyclic amines) is 1. The average Bonchev–Trinajstić information content (AvgIpc) is 3.80. The standard InChI is InChI=1S/C39H48ClN7O8S/c1-8-21-16-39(21,35(50)51)44-32(48)26-14-23(17-47(26)34(49)31(38(4,5)6)43-37(52)55-22-12-19-11-20(19)13-22)54-28-15-25(33-45-46-36(56-33)41-18(2)3)42-30-24(28)9-10-27(53-7)29(30)40/h8-10,15,18-23,26,31H,1,11-14,16-17H2,2-7H3,(H,41,46)(H,43,52)(H,44,48)(H,50,51)/t19-,20+,21?,22?,23-,26?,31?,39-/m1/s1. The maximum absolute atomic E-state index is 14.6. The third kappa shape index (κ3) is 7.82. The molecule has 3 heterocycles. The molecule has 0 radical (unpaired) electrons. The van der Waals surface area contributed by atoms with Crippen LogP contribution in [0.1, 0.15) is 66.7 Å². The summed E-state index contributed by atoms with van der Waals surface area (Å²) in [5.74, 6) is -0.877. The van der Waals surface area contributed by atoms with Gasteiger partial charge in [0, 0.05) is 29.8 Å². The third-order valence-corrected chi connectivity index (χ3v) is 12.4. The van der Waals surface area contributed by atoms with Gasteiger partial charge in [0.1, 0.15) is 52.0 Å². The molecule has 0 spiro atoms. The number of alkyl carbamates (subject to hydrolysis) is 1. The molecular weight excluding hydrogens is 762 g/mol. The molecule has 56 heavy (non-hydrogen) atoms. The van der Waals surface area contributed by atoms with E-state index in [4.69, 9.17) is 30.8 Å². The lowest BCUT2D eigenvalue weighted by atomic mass is 9.85. The van der Waals surface area contributed by atoms with Crippen LogP contribution >= 0.6 is 22.9 Å². The molecule has 1 saturated heterocycles. The van der Waals surface area contributed by atoms with Gasteiger partial charge in [-0.25, -0.2) is 14.6 Å². The maximum Gasteiger partial charge on any atom is 0.408 e. The molecule has 3 aromatic rings. The number of carbonyl (C=O) groups excluding carboxylic acids is 3. The Morgan fingerprint density at radius 1 is 1.09 bits per heavy atom. The molecule has 17 heteroatoms. The fourth-order valence-electron chi connectivity index (χ4n) is 7.95. The number of benzene rings is 1. The molecule has 0 bridgehead atoms. The Kier molecular flexibility index (Phi) is 10.6. The van der Waals surface area contributed by atoms with Gasteiger partial charge < -0.3 is 40.2 Å². The number of halogens is 1. The van der Waals surface area contributed by atoms with E-state index < -0.39 is 58.9 Å². The second kappa shape index (κ2) is 15.0. The molecule has 2 aromatic heterocycles. The number of anilines is 1. The van der Waals surface area contributed by atoms with Crippen molar-refractivity contribution in [3.63, 3.8) is 0 Å². The predicted molar refractivity (Wildman–Crippen MR) is 210 cm³/mol. The molecule has 3 amide bonds. The quantitative estimate of drug-likeness (QED) is 0.155. The first kappa shape index (κ1) is 39.5. The summed E-state index contributed by atoms with van der Waals surface area (Å²) >= 11 is 8.10. The van der Waals surface area contributed by atoms with Crippen LogP contribution in [0, 0.1) is 23.2 Å². The fourth-order valence-corrected chi connectivity index (χ4v) is 9.09. The second-order valence-corrected chi connectivity index (χ2v) is 18.0. The van der Waals surface area contributed by atoms with Crippen LogP contribution in [-0.2, 0) is 19.1 Å². The largest absolute Gasteiger partial charge is 0.495 e. The average molecular weight is 810 g/mol. The topological polar surface area (TPSA) is 194 Å². The number of fused-ring (bicyclic) bond motifs is 2. The molecule has 1 aromatic carbocycles. The van der Waals surface area contributed by atoms with Crippen LogP contribution in [0.2, 0.25) is 5.02 Å². The first-order valence-corrected chi connectivity index (χ1v) is 20.1. The number of rotatable bonds is 13. The second-order valence-electron chi connectivity index (χ2n) is 16.7. The van der Waals surface area contributed by atoms with Gasteiger partial charge in [-0.2, -0.15) is 0 Å². The number of pyridine rings is 1. The number of nitrogens with one attached hydrogen (secondary N) is 3. The van der Waals surface area contributed by atoms with Crippen molar-refractivity contribution in [2.45, 2.75) is 103 Å². The van der Waals surface area contributed by atoms with Crippen molar-refractivity contribution in [3.8, 4) is 22.2 Å². The minimum absolute atomic E-state index is 0.0164. The van der Waals surface area contributed by atoms with Gasteiger partial charge in [0.05, 0.1) is 19.2 Å². The highest BCUT2D eigenvalue weighted by Gasteiger charge is 2.61. The van der Waals surface area contributed by atoms with Gasteiger partial charge in [0.15, 0.2) is 5.01 Å². The molecule has 4 unspecified atom stereocenters. The summed E-state index contributed by atoms with van der Waals surface area (Å²) in [6.45, 7) is 13.1. The first-order valence-electron chi connectivity index (χ1n) is 18.9. The molecule has 3 aliphatic carbocycles. The number of hydrogen-bond acceptors (Lipinski definition) is 12. The van der Waals surface area contributed by atoms with Crippen LogP contribution in [0.3, 0.4) is 0 Å². The first-order chi connectivity index (χ1) is 26.5. The Balaban J connectivity index is 1.20. The fraction of sp³-hybridized carbons (Fsp3) is 0.564. The Morgan fingerprint density at radius 3 is 2.45 bits per heavy atom. The lowest BCUT2D eigenvalue weighted by Crippen LogP contribution is -2.59. The van der Waals surface area contributed by atoms with Crippen molar-refractivity contribution in [1.82, 2.24) is 30.7 Å². The van der Waals surface area contributed by atoms with E-state index in [1.165, 1.54) is 35.8 Å². The molecule has 4 N–H and O–H groups in total. The molecule has 15 nitrogen and oxygen atoms in total. The zero-order chi connectivity index (χ0) is 40.3. The lowest BCUT2D eigenvalue weighted by molar-refractivity contribution is -0.146. The Hall–Kier alpha value is -4.70. The van der Waals surface area contributed by atoms with E-state index in [0.717, 1.165) is 12.8 Å². The zero-order valence-corrected chi connectivity index (χ0v) is 33.8. The molecule has 1 aliphatic heterocycles. The van der Waals surface area contributed by atoms with E-state index in [1.807, 2.05) is 34.6 Å². The van der Waals surface area contributed by atoms with E-state index in [9.17, 15) is 24.3 Å². The van der Waals surface area contributed by atoms with Crippen molar-refractivity contribution in [2.24, 2.45) is 23.2 Å². The molecule has 4 fully saturated rings. The number of aromatic nitrogens is 3. The van der Waals surface area contributed by atoms with Gasteiger partial charge in [0.2, 0.25) is 16.9 Å². The number of methoxy groups -OCH3 is 1. The van der Waals surface area contributed by atoms with Crippen LogP contribution in [0.4, 0.5) is 9.93 Å². The van der Waals surface area contributed by atoms with E-state index in [2.05, 4.69) is 32.7 Å². The number of ether oxygens (including phenoxy) is 3. The van der Waals surface area contributed by atoms with Crippen molar-refractivity contribution < 1.29 is 38.5 Å². The van der Waals surface area contributed by atoms with Gasteiger partial charge >= 0.3 is 12.1 Å². The summed E-state index contributed by atoms with van der Waals surface area (Å²) in [7, 11) is 1.50. The smallest absolute Gasteiger partial charge is 0.408 e. The molecular formula is C39H48ClN7O8S. The highest BCUT2D eigenvalue weighted by atomic mass is 35.5. The van der Waals surface area contributed by atoms with Gasteiger partial charge in [-0.15, -0.1) is 16.8 Å². The van der Waals surface area contributed by atoms with Gasteiger partial charge in [0.25, 0.3) is 0 Å². The summed E-state index contributed by atoms with van der Waals surface area (Å²) in [6.07, 6.45) is 2.84. The number of amides is 3. The Bertz CT molecular complexity index is 2060. The molecule has 4 aliphatic rings.